The second kappa shape index (κ2) is 9.79. The normalized spacial score (nSPS) is 33.8. The number of aliphatic hydroxyl groups is 1. The Morgan fingerprint density at radius 2 is 1.80 bits per heavy atom. The predicted molar refractivity (Wildman–Crippen MR) is 152 cm³/mol. The van der Waals surface area contributed by atoms with E-state index in [0.717, 1.165) is 42.3 Å². The van der Waals surface area contributed by atoms with Gasteiger partial charge in [0.2, 0.25) is 0 Å². The fraction of sp³-hybridized carbons (Fsp3) is 0.531. The molecule has 40 heavy (non-hydrogen) atoms. The van der Waals surface area contributed by atoms with Crippen LogP contribution in [-0.4, -0.2) is 80.7 Å². The van der Waals surface area contributed by atoms with Gasteiger partial charge in [0.1, 0.15) is 23.2 Å². The molecule has 1 aliphatic carbocycles. The van der Waals surface area contributed by atoms with E-state index < -0.39 is 23.1 Å². The molecule has 2 aromatic rings. The zero-order valence-electron chi connectivity index (χ0n) is 24.1. The number of fused-ring (bicyclic) bond motifs is 1. The van der Waals surface area contributed by atoms with Crippen LogP contribution >= 0.6 is 0 Å². The Hall–Kier alpha value is -3.07. The maximum atomic E-state index is 13.1. The minimum Gasteiger partial charge on any atom is -0.497 e. The molecule has 1 spiro atoms. The van der Waals surface area contributed by atoms with Gasteiger partial charge in [-0.3, -0.25) is 9.69 Å². The first kappa shape index (κ1) is 27.1. The molecule has 4 aliphatic rings. The summed E-state index contributed by atoms with van der Waals surface area (Å²) in [5, 5.41) is 13.1. The summed E-state index contributed by atoms with van der Waals surface area (Å²) < 4.78 is 23.5. The van der Waals surface area contributed by atoms with Crippen molar-refractivity contribution in [1.29, 1.82) is 0 Å². The largest absolute Gasteiger partial charge is 0.497 e. The summed E-state index contributed by atoms with van der Waals surface area (Å²) in [7, 11) is 5.35. The average molecular weight is 549 g/mol. The van der Waals surface area contributed by atoms with Crippen LogP contribution in [-0.2, 0) is 26.3 Å². The van der Waals surface area contributed by atoms with E-state index in [1.54, 1.807) is 14.2 Å². The topological polar surface area (TPSA) is 80.7 Å². The lowest BCUT2D eigenvalue weighted by Crippen LogP contribution is -2.80. The Bertz CT molecular complexity index is 1310. The number of nitrogens with zero attached hydrogens (tertiary/aromatic N) is 2. The molecule has 1 N–H and O–H groups in total. The van der Waals surface area contributed by atoms with Gasteiger partial charge in [-0.15, -0.1) is 0 Å². The van der Waals surface area contributed by atoms with Crippen LogP contribution in [0.1, 0.15) is 37.8 Å². The van der Waals surface area contributed by atoms with Crippen molar-refractivity contribution in [3.05, 3.63) is 65.7 Å². The molecule has 0 radical (unpaired) electrons. The number of benzene rings is 2. The second-order valence-electron chi connectivity index (χ2n) is 11.8. The second-order valence-corrected chi connectivity index (χ2v) is 11.8. The van der Waals surface area contributed by atoms with Crippen molar-refractivity contribution in [3.63, 3.8) is 0 Å². The zero-order valence-corrected chi connectivity index (χ0v) is 24.1. The molecule has 2 aromatic carbocycles. The van der Waals surface area contributed by atoms with Crippen molar-refractivity contribution >= 4 is 11.7 Å². The molecular weight excluding hydrogens is 508 g/mol. The quantitative estimate of drug-likeness (QED) is 0.395. The summed E-state index contributed by atoms with van der Waals surface area (Å²) in [5.41, 5.74) is 0.769. The Kier molecular flexibility index (Phi) is 6.63. The molecule has 0 bridgehead atoms. The maximum absolute atomic E-state index is 13.1. The summed E-state index contributed by atoms with van der Waals surface area (Å²) in [6, 6.07) is 13.7. The van der Waals surface area contributed by atoms with E-state index in [1.165, 1.54) is 12.5 Å². The molecular formula is C32H40N2O6. The minimum absolute atomic E-state index is 0.0150. The van der Waals surface area contributed by atoms with Crippen molar-refractivity contribution in [2.75, 3.05) is 45.9 Å². The fourth-order valence-electron chi connectivity index (χ4n) is 8.66. The summed E-state index contributed by atoms with van der Waals surface area (Å²) in [4.78, 5) is 17.4. The highest BCUT2D eigenvalue weighted by molar-refractivity contribution is 5.71. The van der Waals surface area contributed by atoms with Gasteiger partial charge in [0.05, 0.1) is 33.5 Å². The molecule has 8 heteroatoms. The van der Waals surface area contributed by atoms with Gasteiger partial charge in [-0.2, -0.15) is 0 Å². The van der Waals surface area contributed by atoms with Gasteiger partial charge in [0.25, 0.3) is 0 Å². The molecule has 6 rings (SSSR count). The van der Waals surface area contributed by atoms with Crippen LogP contribution in [0.25, 0.3) is 0 Å². The van der Waals surface area contributed by atoms with Crippen LogP contribution < -0.4 is 14.4 Å². The first-order chi connectivity index (χ1) is 19.2. The third kappa shape index (κ3) is 3.65. The molecule has 0 unspecified atom stereocenters. The summed E-state index contributed by atoms with van der Waals surface area (Å²) in [6.45, 7) is 5.65. The SMILES string of the molecule is CC[C@]12C=CCN3CC[C@@]4(c5ccc(OC)cc5N(C)[C@H]4[C@@](O)(COCc4ccc(OC)cc4)[C@@H]1OC(C)=O)[C@@H]32. The smallest absolute Gasteiger partial charge is 0.303 e. The molecule has 0 amide bonds. The van der Waals surface area contributed by atoms with Crippen LogP contribution in [0.5, 0.6) is 11.5 Å². The van der Waals surface area contributed by atoms with E-state index in [0.29, 0.717) is 13.0 Å². The maximum Gasteiger partial charge on any atom is 0.303 e. The highest BCUT2D eigenvalue weighted by atomic mass is 16.6. The molecule has 8 nitrogen and oxygen atoms in total. The van der Waals surface area contributed by atoms with Crippen molar-refractivity contribution in [1.82, 2.24) is 4.90 Å². The number of anilines is 1. The Balaban J connectivity index is 1.49. The number of rotatable bonds is 8. The zero-order chi connectivity index (χ0) is 28.3. The van der Waals surface area contributed by atoms with Crippen molar-refractivity contribution < 1.29 is 28.8 Å². The third-order valence-corrected chi connectivity index (χ3v) is 9.98. The van der Waals surface area contributed by atoms with Crippen LogP contribution in [0, 0.1) is 5.41 Å². The number of likely N-dealkylation sites (N-methyl/N-ethyl adjacent to an activating group) is 1. The number of ether oxygens (including phenoxy) is 4. The molecule has 1 saturated heterocycles. The number of esters is 1. The van der Waals surface area contributed by atoms with Crippen LogP contribution in [0.3, 0.4) is 0 Å². The fourth-order valence-corrected chi connectivity index (χ4v) is 8.66. The van der Waals surface area contributed by atoms with E-state index in [4.69, 9.17) is 18.9 Å². The predicted octanol–water partition coefficient (Wildman–Crippen LogP) is 3.69. The molecule has 6 atom stereocenters. The van der Waals surface area contributed by atoms with Gasteiger partial charge < -0.3 is 29.0 Å². The average Bonchev–Trinajstić information content (AvgIpc) is 3.47. The molecule has 1 saturated carbocycles. The van der Waals surface area contributed by atoms with Crippen LogP contribution in [0.4, 0.5) is 5.69 Å². The van der Waals surface area contributed by atoms with E-state index in [2.05, 4.69) is 41.0 Å². The molecule has 3 heterocycles. The van der Waals surface area contributed by atoms with Gasteiger partial charge in [-0.05, 0) is 48.7 Å². The number of hydrogen-bond donors (Lipinski definition) is 1. The molecule has 214 valence electrons. The molecule has 3 aliphatic heterocycles. The summed E-state index contributed by atoms with van der Waals surface area (Å²) >= 11 is 0. The number of carbonyl (C=O) groups is 1. The third-order valence-electron chi connectivity index (χ3n) is 9.98. The van der Waals surface area contributed by atoms with Gasteiger partial charge in [0, 0.05) is 49.1 Å². The van der Waals surface area contributed by atoms with Gasteiger partial charge in [-0.25, -0.2) is 0 Å². The lowest BCUT2D eigenvalue weighted by molar-refractivity contribution is -0.234. The standard InChI is InChI=1S/C32H40N2O6/c1-6-30-14-7-16-34-17-15-31(27(30)34)25-13-12-24(38-5)18-26(25)33(3)28(31)32(36,29(30)40-21(2)35)20-39-19-22-8-10-23(37-4)11-9-22/h7-14,18,27-29,36H,6,15-17,19-20H2,1-5H3/t27-,28+,29+,30+,31+,32-/m0/s1. The highest BCUT2D eigenvalue weighted by Crippen LogP contribution is 2.67. The lowest BCUT2D eigenvalue weighted by atomic mass is 9.48. The Morgan fingerprint density at radius 3 is 2.48 bits per heavy atom. The van der Waals surface area contributed by atoms with Crippen molar-refractivity contribution in [2.24, 2.45) is 5.41 Å². The van der Waals surface area contributed by atoms with Crippen LogP contribution in [0.2, 0.25) is 0 Å². The van der Waals surface area contributed by atoms with Crippen molar-refractivity contribution in [2.45, 2.75) is 62.5 Å². The number of methoxy groups -OCH3 is 2. The first-order valence-electron chi connectivity index (χ1n) is 14.2. The minimum atomic E-state index is -1.50. The van der Waals surface area contributed by atoms with Crippen molar-refractivity contribution in [3.8, 4) is 11.5 Å². The van der Waals surface area contributed by atoms with Gasteiger partial charge in [-0.1, -0.05) is 37.3 Å². The monoisotopic (exact) mass is 548 g/mol. The highest BCUT2D eigenvalue weighted by Gasteiger charge is 2.77. The number of hydrogen-bond acceptors (Lipinski definition) is 8. The van der Waals surface area contributed by atoms with Crippen LogP contribution in [0.15, 0.2) is 54.6 Å². The molecule has 2 fully saturated rings. The van der Waals surface area contributed by atoms with Gasteiger partial charge >= 0.3 is 5.97 Å². The van der Waals surface area contributed by atoms with E-state index >= 15 is 0 Å². The number of carbonyl (C=O) groups excluding carboxylic acids is 1. The summed E-state index contributed by atoms with van der Waals surface area (Å²) in [6.07, 6.45) is 5.22. The van der Waals surface area contributed by atoms with Gasteiger partial charge in [0.15, 0.2) is 0 Å². The Morgan fingerprint density at radius 1 is 1.07 bits per heavy atom. The lowest BCUT2D eigenvalue weighted by Gasteiger charge is -2.64. The molecule has 0 aromatic heterocycles. The van der Waals surface area contributed by atoms with E-state index in [-0.39, 0.29) is 24.1 Å². The van der Waals surface area contributed by atoms with E-state index in [1.807, 2.05) is 37.4 Å². The summed E-state index contributed by atoms with van der Waals surface area (Å²) in [5.74, 6) is 1.15. The van der Waals surface area contributed by atoms with E-state index in [9.17, 15) is 9.90 Å². The first-order valence-corrected chi connectivity index (χ1v) is 14.2. The Labute approximate surface area is 236 Å².